The molecule has 1 unspecified atom stereocenters. The van der Waals surface area contributed by atoms with Gasteiger partial charge in [-0.2, -0.15) is 0 Å². The van der Waals surface area contributed by atoms with Crippen molar-refractivity contribution in [3.8, 4) is 5.75 Å². The first-order valence-corrected chi connectivity index (χ1v) is 8.86. The smallest absolute Gasteiger partial charge is 0.137 e. The summed E-state index contributed by atoms with van der Waals surface area (Å²) in [7, 11) is 1.75. The number of hydrogen-bond acceptors (Lipinski definition) is 2. The van der Waals surface area contributed by atoms with E-state index in [1.54, 1.807) is 7.11 Å². The number of hydrogen-bond donors (Lipinski definition) is 0. The van der Waals surface area contributed by atoms with Crippen LogP contribution in [0.25, 0.3) is 5.65 Å². The number of fused-ring (bicyclic) bond motifs is 3. The molecule has 1 aliphatic carbocycles. The Balaban J connectivity index is 1.96. The summed E-state index contributed by atoms with van der Waals surface area (Å²) in [4.78, 5) is 4.89. The molecular weight excluding hydrogens is 352 g/mol. The van der Waals surface area contributed by atoms with E-state index in [0.717, 1.165) is 28.7 Å². The van der Waals surface area contributed by atoms with Gasteiger partial charge >= 0.3 is 0 Å². The van der Waals surface area contributed by atoms with Gasteiger partial charge in [-0.25, -0.2) is 4.98 Å². The average Bonchev–Trinajstić information content (AvgIpc) is 2.79. The van der Waals surface area contributed by atoms with E-state index in [4.69, 9.17) is 9.72 Å². The highest BCUT2D eigenvalue weighted by atomic mass is 79.9. The van der Waals surface area contributed by atoms with Gasteiger partial charge in [-0.1, -0.05) is 24.6 Å². The van der Waals surface area contributed by atoms with Crippen LogP contribution in [0.3, 0.4) is 0 Å². The molecule has 23 heavy (non-hydrogen) atoms. The van der Waals surface area contributed by atoms with Gasteiger partial charge in [0.15, 0.2) is 0 Å². The van der Waals surface area contributed by atoms with Gasteiger partial charge in [-0.05, 0) is 53.4 Å². The lowest BCUT2D eigenvalue weighted by molar-refractivity contribution is 0.406. The average molecular weight is 371 g/mol. The van der Waals surface area contributed by atoms with Crippen LogP contribution >= 0.6 is 15.9 Å². The van der Waals surface area contributed by atoms with E-state index >= 15 is 0 Å². The maximum Gasteiger partial charge on any atom is 0.137 e. The van der Waals surface area contributed by atoms with E-state index in [-0.39, 0.29) is 0 Å². The zero-order valence-corrected chi connectivity index (χ0v) is 14.7. The SMILES string of the molecule is COc1ccccc1C1CCCCc2nc3ccc(Br)cn3c21. The number of benzene rings is 1. The van der Waals surface area contributed by atoms with Crippen LogP contribution in [0.1, 0.15) is 42.1 Å². The van der Waals surface area contributed by atoms with Crippen LogP contribution < -0.4 is 4.74 Å². The third kappa shape index (κ3) is 2.55. The predicted octanol–water partition coefficient (Wildman–Crippen LogP) is 4.96. The summed E-state index contributed by atoms with van der Waals surface area (Å²) >= 11 is 3.60. The summed E-state index contributed by atoms with van der Waals surface area (Å²) in [5.74, 6) is 1.29. The third-order valence-electron chi connectivity index (χ3n) is 4.70. The molecule has 0 saturated heterocycles. The Morgan fingerprint density at radius 3 is 2.91 bits per heavy atom. The first-order chi connectivity index (χ1) is 11.3. The third-order valence-corrected chi connectivity index (χ3v) is 5.17. The zero-order chi connectivity index (χ0) is 15.8. The maximum absolute atomic E-state index is 5.63. The number of rotatable bonds is 2. The number of nitrogens with zero attached hydrogens (tertiary/aromatic N) is 2. The Bertz CT molecular complexity index is 856. The fraction of sp³-hybridized carbons (Fsp3) is 0.316. The molecule has 0 saturated carbocycles. The van der Waals surface area contributed by atoms with Gasteiger partial charge in [0, 0.05) is 22.2 Å². The molecule has 3 nitrogen and oxygen atoms in total. The van der Waals surface area contributed by atoms with Crippen LogP contribution in [0.15, 0.2) is 47.1 Å². The molecule has 1 aromatic carbocycles. The summed E-state index contributed by atoms with van der Waals surface area (Å²) in [5.41, 5.74) is 4.85. The quantitative estimate of drug-likeness (QED) is 0.595. The Hall–Kier alpha value is -1.81. The largest absolute Gasteiger partial charge is 0.496 e. The van der Waals surface area contributed by atoms with E-state index in [9.17, 15) is 0 Å². The van der Waals surface area contributed by atoms with E-state index in [0.29, 0.717) is 5.92 Å². The minimum Gasteiger partial charge on any atom is -0.496 e. The van der Waals surface area contributed by atoms with E-state index in [1.807, 2.05) is 6.07 Å². The number of imidazole rings is 1. The fourth-order valence-corrected chi connectivity index (χ4v) is 4.01. The topological polar surface area (TPSA) is 26.5 Å². The first kappa shape index (κ1) is 14.8. The Morgan fingerprint density at radius 2 is 2.04 bits per heavy atom. The highest BCUT2D eigenvalue weighted by Gasteiger charge is 2.27. The first-order valence-electron chi connectivity index (χ1n) is 8.07. The number of methoxy groups -OCH3 is 1. The van der Waals surface area contributed by atoms with Crippen molar-refractivity contribution in [3.05, 3.63) is 64.0 Å². The van der Waals surface area contributed by atoms with Gasteiger partial charge in [0.25, 0.3) is 0 Å². The Labute approximate surface area is 144 Å². The highest BCUT2D eigenvalue weighted by molar-refractivity contribution is 9.10. The summed E-state index contributed by atoms with van der Waals surface area (Å²) in [6, 6.07) is 12.5. The number of ether oxygens (including phenoxy) is 1. The molecule has 0 bridgehead atoms. The normalized spacial score (nSPS) is 17.7. The van der Waals surface area contributed by atoms with Gasteiger partial charge in [0.05, 0.1) is 18.5 Å². The van der Waals surface area contributed by atoms with Crippen LogP contribution in [0.4, 0.5) is 0 Å². The lowest BCUT2D eigenvalue weighted by Gasteiger charge is -2.19. The van der Waals surface area contributed by atoms with Crippen molar-refractivity contribution in [1.82, 2.24) is 9.38 Å². The molecule has 2 heterocycles. The number of aromatic nitrogens is 2. The predicted molar refractivity (Wildman–Crippen MR) is 95.3 cm³/mol. The number of halogens is 1. The van der Waals surface area contributed by atoms with Crippen molar-refractivity contribution in [2.24, 2.45) is 0 Å². The van der Waals surface area contributed by atoms with Crippen molar-refractivity contribution >= 4 is 21.6 Å². The highest BCUT2D eigenvalue weighted by Crippen LogP contribution is 2.40. The number of pyridine rings is 1. The van der Waals surface area contributed by atoms with Gasteiger partial charge in [-0.3, -0.25) is 0 Å². The van der Waals surface area contributed by atoms with Crippen LogP contribution in [0, 0.1) is 0 Å². The zero-order valence-electron chi connectivity index (χ0n) is 13.1. The van der Waals surface area contributed by atoms with Gasteiger partial charge in [0.1, 0.15) is 11.4 Å². The maximum atomic E-state index is 5.63. The van der Waals surface area contributed by atoms with Crippen LogP contribution in [-0.4, -0.2) is 16.5 Å². The molecule has 118 valence electrons. The van der Waals surface area contributed by atoms with Crippen molar-refractivity contribution in [1.29, 1.82) is 0 Å². The molecule has 0 fully saturated rings. The summed E-state index contributed by atoms with van der Waals surface area (Å²) < 4.78 is 8.96. The van der Waals surface area contributed by atoms with Crippen molar-refractivity contribution < 1.29 is 4.74 Å². The minimum absolute atomic E-state index is 0.327. The molecule has 0 N–H and O–H groups in total. The Kier molecular flexibility index (Phi) is 3.85. The van der Waals surface area contributed by atoms with Crippen molar-refractivity contribution in [2.45, 2.75) is 31.6 Å². The van der Waals surface area contributed by atoms with Gasteiger partial charge < -0.3 is 9.14 Å². The molecule has 0 amide bonds. The molecule has 0 radical (unpaired) electrons. The number of para-hydroxylation sites is 1. The molecule has 1 aliphatic rings. The van der Waals surface area contributed by atoms with Crippen LogP contribution in [0.2, 0.25) is 0 Å². The summed E-state index contributed by atoms with van der Waals surface area (Å²) in [6.07, 6.45) is 6.74. The molecule has 4 heteroatoms. The van der Waals surface area contributed by atoms with E-state index < -0.39 is 0 Å². The second-order valence-corrected chi connectivity index (χ2v) is 6.98. The van der Waals surface area contributed by atoms with Crippen LogP contribution in [0.5, 0.6) is 5.75 Å². The molecule has 1 atom stereocenters. The monoisotopic (exact) mass is 370 g/mol. The molecule has 3 aromatic rings. The molecule has 0 aliphatic heterocycles. The molecular formula is C19H19BrN2O. The lowest BCUT2D eigenvalue weighted by Crippen LogP contribution is -2.07. The van der Waals surface area contributed by atoms with Gasteiger partial charge in [0.2, 0.25) is 0 Å². The van der Waals surface area contributed by atoms with E-state index in [1.165, 1.54) is 29.8 Å². The standard InChI is InChI=1S/C19H19BrN2O/c1-23-17-9-5-3-6-14(17)15-7-2-4-8-16-19(15)22-12-13(20)10-11-18(22)21-16/h3,5-6,9-12,15H,2,4,7-8H2,1H3. The lowest BCUT2D eigenvalue weighted by atomic mass is 9.90. The molecule has 0 spiro atoms. The van der Waals surface area contributed by atoms with Crippen molar-refractivity contribution in [3.63, 3.8) is 0 Å². The van der Waals surface area contributed by atoms with E-state index in [2.05, 4.69) is 56.9 Å². The molecule has 4 rings (SSSR count). The second-order valence-electron chi connectivity index (χ2n) is 6.06. The number of aryl methyl sites for hydroxylation is 1. The van der Waals surface area contributed by atoms with Crippen molar-refractivity contribution in [2.75, 3.05) is 7.11 Å². The van der Waals surface area contributed by atoms with Gasteiger partial charge in [-0.15, -0.1) is 0 Å². The van der Waals surface area contributed by atoms with Crippen LogP contribution in [-0.2, 0) is 6.42 Å². The fourth-order valence-electron chi connectivity index (χ4n) is 3.67. The summed E-state index contributed by atoms with van der Waals surface area (Å²) in [6.45, 7) is 0. The minimum atomic E-state index is 0.327. The second kappa shape index (κ2) is 6.00. The summed E-state index contributed by atoms with van der Waals surface area (Å²) in [5, 5.41) is 0. The molecule has 2 aromatic heterocycles. The Morgan fingerprint density at radius 1 is 1.17 bits per heavy atom.